The fourth-order valence-electron chi connectivity index (χ4n) is 0.348. The van der Waals surface area contributed by atoms with Gasteiger partial charge in [-0.05, 0) is 33.2 Å². The Balaban J connectivity index is -0.000000209. The number of carbonyl (C=O) groups is 1. The topological polar surface area (TPSA) is 75.1 Å². The van der Waals surface area contributed by atoms with E-state index in [0.717, 1.165) is 0 Å². The van der Waals surface area contributed by atoms with Gasteiger partial charge in [-0.1, -0.05) is 5.11 Å². The summed E-state index contributed by atoms with van der Waals surface area (Å²) in [5, 5.41) is 2.92. The first-order chi connectivity index (χ1) is 5.90. The molecule has 0 aliphatic carbocycles. The highest BCUT2D eigenvalue weighted by Gasteiger charge is 2.21. The molecular formula is C8H20N3O2P. The van der Waals surface area contributed by atoms with E-state index in [9.17, 15) is 4.79 Å². The van der Waals surface area contributed by atoms with Crippen LogP contribution in [0.3, 0.4) is 0 Å². The highest BCUT2D eigenvalue weighted by molar-refractivity contribution is 6.92. The Morgan fingerprint density at radius 2 is 1.86 bits per heavy atom. The second kappa shape index (κ2) is 10.3. The summed E-state index contributed by atoms with van der Waals surface area (Å²) < 4.78 is 4.77. The van der Waals surface area contributed by atoms with Crippen LogP contribution in [0, 0.1) is 5.41 Å². The predicted molar refractivity (Wildman–Crippen MR) is 62.3 cm³/mol. The van der Waals surface area contributed by atoms with Crippen molar-refractivity contribution in [3.8, 4) is 0 Å². The van der Waals surface area contributed by atoms with Gasteiger partial charge in [0.25, 0.3) is 0 Å². The Hall–Kier alpha value is -0.790. The number of hydrogen-bond donors (Lipinski definition) is 0. The maximum atomic E-state index is 10.8. The second-order valence-electron chi connectivity index (χ2n) is 3.26. The van der Waals surface area contributed by atoms with E-state index in [0.29, 0.717) is 6.61 Å². The molecule has 0 radical (unpaired) electrons. The number of esters is 1. The first kappa shape index (κ1) is 18.9. The molecule has 0 bridgehead atoms. The summed E-state index contributed by atoms with van der Waals surface area (Å²) >= 11 is 0. The minimum absolute atomic E-state index is 0. The van der Waals surface area contributed by atoms with Crippen LogP contribution in [0.15, 0.2) is 5.11 Å². The Morgan fingerprint density at radius 1 is 1.50 bits per heavy atom. The van der Waals surface area contributed by atoms with Crippen molar-refractivity contribution in [2.45, 2.75) is 27.7 Å². The van der Waals surface area contributed by atoms with E-state index in [1.165, 1.54) is 7.05 Å². The third kappa shape index (κ3) is 13.8. The summed E-state index contributed by atoms with van der Waals surface area (Å²) in [4.78, 5) is 13.2. The summed E-state index contributed by atoms with van der Waals surface area (Å²) in [6.07, 6.45) is 0. The molecule has 0 aromatic carbocycles. The van der Waals surface area contributed by atoms with Gasteiger partial charge in [-0.3, -0.25) is 4.79 Å². The lowest BCUT2D eigenvalue weighted by atomic mass is 9.97. The molecular weight excluding hydrogens is 201 g/mol. The molecule has 6 heteroatoms. The lowest BCUT2D eigenvalue weighted by molar-refractivity contribution is -0.152. The van der Waals surface area contributed by atoms with Gasteiger partial charge in [-0.25, -0.2) is 0 Å². The molecule has 0 saturated carbocycles. The van der Waals surface area contributed by atoms with E-state index >= 15 is 0 Å². The summed E-state index contributed by atoms with van der Waals surface area (Å²) in [5.74, 6) is -0.134. The van der Waals surface area contributed by atoms with Gasteiger partial charge in [-0.15, -0.1) is 0 Å². The van der Waals surface area contributed by atoms with Crippen LogP contribution in [0.25, 0.3) is 10.4 Å². The number of hydrogen-bond acceptors (Lipinski definition) is 3. The van der Waals surface area contributed by atoms with Crippen LogP contribution in [0.5, 0.6) is 0 Å². The van der Waals surface area contributed by atoms with Crippen molar-refractivity contribution in [1.29, 1.82) is 0 Å². The van der Waals surface area contributed by atoms with Gasteiger partial charge in [-0.2, -0.15) is 9.90 Å². The molecule has 0 aliphatic rings. The number of rotatable bonds is 1. The van der Waals surface area contributed by atoms with Gasteiger partial charge in [0.2, 0.25) is 0 Å². The number of ether oxygens (including phenoxy) is 1. The summed E-state index contributed by atoms with van der Waals surface area (Å²) in [6.45, 7) is 7.79. The van der Waals surface area contributed by atoms with Crippen LogP contribution in [0.4, 0.5) is 0 Å². The largest absolute Gasteiger partial charge is 0.466 e. The molecule has 0 aliphatic heterocycles. The smallest absolute Gasteiger partial charge is 0.311 e. The maximum Gasteiger partial charge on any atom is 0.311 e. The number of carbonyl (C=O) groups excluding carboxylic acids is 1. The van der Waals surface area contributed by atoms with E-state index in [2.05, 4.69) is 10.0 Å². The second-order valence-corrected chi connectivity index (χ2v) is 3.26. The van der Waals surface area contributed by atoms with Gasteiger partial charge in [0.15, 0.2) is 0 Å². The van der Waals surface area contributed by atoms with Gasteiger partial charge in [0, 0.05) is 12.0 Å². The maximum absolute atomic E-state index is 10.8. The molecule has 0 saturated heterocycles. The Bertz CT molecular complexity index is 195. The van der Waals surface area contributed by atoms with Crippen LogP contribution in [-0.2, 0) is 9.53 Å². The van der Waals surface area contributed by atoms with Crippen molar-refractivity contribution in [3.05, 3.63) is 10.4 Å². The van der Waals surface area contributed by atoms with E-state index in [-0.39, 0.29) is 21.3 Å². The summed E-state index contributed by atoms with van der Waals surface area (Å²) in [7, 11) is 1.39. The molecule has 1 atom stereocenters. The first-order valence-corrected chi connectivity index (χ1v) is 4.00. The Labute approximate surface area is 88.5 Å². The summed E-state index contributed by atoms with van der Waals surface area (Å²) in [6, 6.07) is 0. The van der Waals surface area contributed by atoms with Crippen LogP contribution in [0.2, 0.25) is 0 Å². The van der Waals surface area contributed by atoms with Crippen LogP contribution in [-0.4, -0.2) is 19.6 Å². The van der Waals surface area contributed by atoms with Gasteiger partial charge in [0.05, 0.1) is 12.0 Å². The Morgan fingerprint density at radius 3 is 1.93 bits per heavy atom. The normalized spacial score (nSPS) is 8.36. The minimum atomic E-state index is -0.351. The quantitative estimate of drug-likeness (QED) is 0.224. The van der Waals surface area contributed by atoms with Crippen molar-refractivity contribution in [1.82, 2.24) is 0 Å². The zero-order valence-corrected chi connectivity index (χ0v) is 11.0. The van der Waals surface area contributed by atoms with Crippen LogP contribution < -0.4 is 0 Å². The molecule has 0 N–H and O–H groups in total. The van der Waals surface area contributed by atoms with Crippen molar-refractivity contribution in [2.75, 3.05) is 13.7 Å². The molecule has 14 heavy (non-hydrogen) atoms. The third-order valence-corrected chi connectivity index (χ3v) is 0.977. The van der Waals surface area contributed by atoms with Gasteiger partial charge >= 0.3 is 5.97 Å². The minimum Gasteiger partial charge on any atom is -0.466 e. The highest BCUT2D eigenvalue weighted by atomic mass is 31.0. The first-order valence-electron chi connectivity index (χ1n) is 4.00. The lowest BCUT2D eigenvalue weighted by Gasteiger charge is -2.14. The Kier molecular flexibility index (Phi) is 13.9. The predicted octanol–water partition coefficient (Wildman–Crippen LogP) is 2.58. The zero-order chi connectivity index (χ0) is 10.9. The molecule has 5 nitrogen and oxygen atoms in total. The molecule has 0 aromatic rings. The monoisotopic (exact) mass is 221 g/mol. The van der Waals surface area contributed by atoms with Crippen LogP contribution >= 0.6 is 9.90 Å². The van der Waals surface area contributed by atoms with Gasteiger partial charge < -0.3 is 4.74 Å². The molecule has 0 rings (SSSR count). The van der Waals surface area contributed by atoms with E-state index in [1.807, 2.05) is 27.7 Å². The van der Waals surface area contributed by atoms with E-state index in [4.69, 9.17) is 10.3 Å². The third-order valence-electron chi connectivity index (χ3n) is 0.977. The molecule has 1 unspecified atom stereocenters. The molecule has 0 fully saturated rings. The average molecular weight is 221 g/mol. The lowest BCUT2D eigenvalue weighted by Crippen LogP contribution is -2.22. The van der Waals surface area contributed by atoms with E-state index < -0.39 is 0 Å². The average Bonchev–Trinajstić information content (AvgIpc) is 2.04. The summed E-state index contributed by atoms with van der Waals surface area (Å²) in [5.41, 5.74) is 6.98. The number of nitrogens with zero attached hydrogens (tertiary/aromatic N) is 3. The van der Waals surface area contributed by atoms with Crippen molar-refractivity contribution < 1.29 is 9.53 Å². The van der Waals surface area contributed by atoms with Crippen molar-refractivity contribution in [2.24, 2.45) is 10.5 Å². The van der Waals surface area contributed by atoms with Crippen molar-refractivity contribution in [3.63, 3.8) is 0 Å². The highest BCUT2D eigenvalue weighted by Crippen LogP contribution is 2.14. The fourth-order valence-corrected chi connectivity index (χ4v) is 0.348. The standard InChI is InChI=1S/C7H14O2.CH3N3.H3P/c1-5-9-6(8)7(2,3)4;1-3-4-2;/h5H2,1-4H3;1H3;1H3. The molecule has 0 spiro atoms. The van der Waals surface area contributed by atoms with Crippen molar-refractivity contribution >= 4 is 15.9 Å². The van der Waals surface area contributed by atoms with Gasteiger partial charge in [0.1, 0.15) is 0 Å². The molecule has 0 amide bonds. The zero-order valence-electron chi connectivity index (χ0n) is 9.57. The fraction of sp³-hybridized carbons (Fsp3) is 0.875. The molecule has 0 aromatic heterocycles. The SMILES string of the molecule is CCOC(=O)C(C)(C)C.CN=[N+]=[N-].P. The van der Waals surface area contributed by atoms with Crippen LogP contribution in [0.1, 0.15) is 27.7 Å². The number of azide groups is 1. The molecule has 84 valence electrons. The van der Waals surface area contributed by atoms with E-state index in [1.54, 1.807) is 0 Å². The molecule has 0 heterocycles.